The molecule has 0 aliphatic carbocycles. The molecular weight excluding hydrogens is 240 g/mol. The summed E-state index contributed by atoms with van der Waals surface area (Å²) in [5.74, 6) is 1.50. The highest BCUT2D eigenvalue weighted by atomic mass is 32.2. The monoisotopic (exact) mass is 258 g/mol. The van der Waals surface area contributed by atoms with Crippen LogP contribution in [0.3, 0.4) is 0 Å². The lowest BCUT2D eigenvalue weighted by atomic mass is 10.1. The van der Waals surface area contributed by atoms with Crippen LogP contribution < -0.4 is 5.32 Å². The number of nitrogens with zero attached hydrogens (tertiary/aromatic N) is 3. The molecule has 7 heteroatoms. The molecule has 17 heavy (non-hydrogen) atoms. The van der Waals surface area contributed by atoms with Crippen molar-refractivity contribution in [2.75, 3.05) is 11.5 Å². The van der Waals surface area contributed by atoms with Crippen molar-refractivity contribution in [3.05, 3.63) is 12.2 Å². The summed E-state index contributed by atoms with van der Waals surface area (Å²) in [6, 6.07) is 0.278. The minimum atomic E-state index is -2.77. The van der Waals surface area contributed by atoms with E-state index in [1.54, 1.807) is 6.33 Å². The zero-order valence-corrected chi connectivity index (χ0v) is 10.8. The van der Waals surface area contributed by atoms with Gasteiger partial charge in [0.2, 0.25) is 0 Å². The minimum Gasteiger partial charge on any atom is -0.307 e. The Morgan fingerprint density at radius 3 is 2.82 bits per heavy atom. The standard InChI is InChI=1S/C10H18N4O2S/c1-2-14-10(12-8-13-14)7-11-9-3-5-17(15,16)6-4-9/h8-9,11H,2-7H2,1H3. The topological polar surface area (TPSA) is 76.9 Å². The maximum Gasteiger partial charge on any atom is 0.150 e. The molecule has 0 saturated carbocycles. The second kappa shape index (κ2) is 5.14. The second-order valence-corrected chi connectivity index (χ2v) is 6.60. The van der Waals surface area contributed by atoms with Gasteiger partial charge in [-0.05, 0) is 19.8 Å². The van der Waals surface area contributed by atoms with Gasteiger partial charge in [0, 0.05) is 12.6 Å². The van der Waals surface area contributed by atoms with E-state index < -0.39 is 9.84 Å². The van der Waals surface area contributed by atoms with Crippen molar-refractivity contribution < 1.29 is 8.42 Å². The molecule has 1 fully saturated rings. The molecule has 0 radical (unpaired) electrons. The van der Waals surface area contributed by atoms with Crippen molar-refractivity contribution in [1.82, 2.24) is 20.1 Å². The molecule has 1 saturated heterocycles. The number of hydrogen-bond donors (Lipinski definition) is 1. The number of nitrogens with one attached hydrogen (secondary N) is 1. The first-order chi connectivity index (χ1) is 8.11. The summed E-state index contributed by atoms with van der Waals surface area (Å²) in [4.78, 5) is 4.17. The van der Waals surface area contributed by atoms with Crippen molar-refractivity contribution >= 4 is 9.84 Å². The Morgan fingerprint density at radius 1 is 1.47 bits per heavy atom. The summed E-state index contributed by atoms with van der Waals surface area (Å²) in [7, 11) is -2.77. The van der Waals surface area contributed by atoms with E-state index in [1.165, 1.54) is 0 Å². The quantitative estimate of drug-likeness (QED) is 0.820. The van der Waals surface area contributed by atoms with Crippen LogP contribution in [0.2, 0.25) is 0 Å². The highest BCUT2D eigenvalue weighted by molar-refractivity contribution is 7.91. The van der Waals surface area contributed by atoms with E-state index in [0.29, 0.717) is 30.9 Å². The number of aromatic nitrogens is 3. The zero-order chi connectivity index (χ0) is 12.3. The van der Waals surface area contributed by atoms with E-state index in [0.717, 1.165) is 12.4 Å². The zero-order valence-electron chi connectivity index (χ0n) is 9.96. The summed E-state index contributed by atoms with van der Waals surface area (Å²) in [5, 5.41) is 7.44. The Bertz CT molecular complexity index is 454. The first-order valence-electron chi connectivity index (χ1n) is 5.91. The van der Waals surface area contributed by atoms with E-state index in [2.05, 4.69) is 15.4 Å². The van der Waals surface area contributed by atoms with Gasteiger partial charge in [0.05, 0.1) is 18.1 Å². The number of sulfone groups is 1. The van der Waals surface area contributed by atoms with Crippen LogP contribution in [0.25, 0.3) is 0 Å². The van der Waals surface area contributed by atoms with E-state index in [9.17, 15) is 8.42 Å². The van der Waals surface area contributed by atoms with Gasteiger partial charge in [-0.15, -0.1) is 0 Å². The number of hydrogen-bond acceptors (Lipinski definition) is 5. The highest BCUT2D eigenvalue weighted by Gasteiger charge is 2.23. The number of rotatable bonds is 4. The summed E-state index contributed by atoms with van der Waals surface area (Å²) in [6.07, 6.45) is 2.94. The highest BCUT2D eigenvalue weighted by Crippen LogP contribution is 2.12. The first kappa shape index (κ1) is 12.5. The van der Waals surface area contributed by atoms with Gasteiger partial charge < -0.3 is 5.32 Å². The number of aryl methyl sites for hydroxylation is 1. The Hall–Kier alpha value is -0.950. The normalized spacial score (nSPS) is 20.5. The molecular formula is C10H18N4O2S. The van der Waals surface area contributed by atoms with Gasteiger partial charge in [-0.1, -0.05) is 0 Å². The van der Waals surface area contributed by atoms with Crippen LogP contribution in [0.5, 0.6) is 0 Å². The fourth-order valence-corrected chi connectivity index (χ4v) is 3.51. The summed E-state index contributed by atoms with van der Waals surface area (Å²) in [5.41, 5.74) is 0. The molecule has 0 amide bonds. The van der Waals surface area contributed by atoms with Crippen molar-refractivity contribution in [3.63, 3.8) is 0 Å². The third-order valence-corrected chi connectivity index (χ3v) is 4.81. The Labute approximate surface area is 101 Å². The minimum absolute atomic E-state index is 0.278. The Balaban J connectivity index is 1.84. The van der Waals surface area contributed by atoms with E-state index in [1.807, 2.05) is 11.6 Å². The lowest BCUT2D eigenvalue weighted by molar-refractivity contribution is 0.447. The summed E-state index contributed by atoms with van der Waals surface area (Å²) in [6.45, 7) is 3.47. The first-order valence-corrected chi connectivity index (χ1v) is 7.73. The fourth-order valence-electron chi connectivity index (χ4n) is 2.02. The van der Waals surface area contributed by atoms with Crippen LogP contribution in [-0.4, -0.2) is 40.7 Å². The maximum atomic E-state index is 11.3. The second-order valence-electron chi connectivity index (χ2n) is 4.30. The summed E-state index contributed by atoms with van der Waals surface area (Å²) >= 11 is 0. The molecule has 96 valence electrons. The van der Waals surface area contributed by atoms with Crippen molar-refractivity contribution in [3.8, 4) is 0 Å². The molecule has 1 aliphatic rings. The average Bonchev–Trinajstić information content (AvgIpc) is 2.75. The average molecular weight is 258 g/mol. The largest absolute Gasteiger partial charge is 0.307 e. The maximum absolute atomic E-state index is 11.3. The van der Waals surface area contributed by atoms with Gasteiger partial charge in [0.1, 0.15) is 22.0 Å². The van der Waals surface area contributed by atoms with Gasteiger partial charge >= 0.3 is 0 Å². The van der Waals surface area contributed by atoms with Gasteiger partial charge in [0.15, 0.2) is 0 Å². The lowest BCUT2D eigenvalue weighted by Crippen LogP contribution is -2.37. The Kier molecular flexibility index (Phi) is 3.78. The van der Waals surface area contributed by atoms with Crippen LogP contribution in [0.4, 0.5) is 0 Å². The third kappa shape index (κ3) is 3.26. The van der Waals surface area contributed by atoms with Crippen molar-refractivity contribution in [2.24, 2.45) is 0 Å². The molecule has 1 aliphatic heterocycles. The molecule has 0 bridgehead atoms. The smallest absolute Gasteiger partial charge is 0.150 e. The summed E-state index contributed by atoms with van der Waals surface area (Å²) < 4.78 is 24.4. The molecule has 1 aromatic rings. The van der Waals surface area contributed by atoms with Crippen molar-refractivity contribution in [2.45, 2.75) is 38.9 Å². The molecule has 0 atom stereocenters. The molecule has 0 unspecified atom stereocenters. The molecule has 0 aromatic carbocycles. The molecule has 6 nitrogen and oxygen atoms in total. The lowest BCUT2D eigenvalue weighted by Gasteiger charge is -2.22. The van der Waals surface area contributed by atoms with Gasteiger partial charge in [0.25, 0.3) is 0 Å². The van der Waals surface area contributed by atoms with Crippen LogP contribution in [0, 0.1) is 0 Å². The van der Waals surface area contributed by atoms with E-state index >= 15 is 0 Å². The SMILES string of the molecule is CCn1ncnc1CNC1CCS(=O)(=O)CC1. The predicted octanol–water partition coefficient (Wildman–Crippen LogP) is -0.0352. The van der Waals surface area contributed by atoms with Crippen LogP contribution in [-0.2, 0) is 22.9 Å². The van der Waals surface area contributed by atoms with Crippen molar-refractivity contribution in [1.29, 1.82) is 0 Å². The molecule has 0 spiro atoms. The Morgan fingerprint density at radius 2 is 2.18 bits per heavy atom. The predicted molar refractivity (Wildman–Crippen MR) is 64.2 cm³/mol. The van der Waals surface area contributed by atoms with Crippen LogP contribution in [0.1, 0.15) is 25.6 Å². The molecule has 2 heterocycles. The van der Waals surface area contributed by atoms with Crippen LogP contribution >= 0.6 is 0 Å². The fraction of sp³-hybridized carbons (Fsp3) is 0.800. The van der Waals surface area contributed by atoms with Gasteiger partial charge in [-0.3, -0.25) is 0 Å². The third-order valence-electron chi connectivity index (χ3n) is 3.10. The van der Waals surface area contributed by atoms with E-state index in [4.69, 9.17) is 0 Å². The van der Waals surface area contributed by atoms with Gasteiger partial charge in [-0.2, -0.15) is 5.10 Å². The van der Waals surface area contributed by atoms with Crippen LogP contribution in [0.15, 0.2) is 6.33 Å². The molecule has 1 aromatic heterocycles. The molecule has 2 rings (SSSR count). The van der Waals surface area contributed by atoms with Gasteiger partial charge in [-0.25, -0.2) is 18.1 Å². The van der Waals surface area contributed by atoms with E-state index in [-0.39, 0.29) is 6.04 Å². The molecule has 1 N–H and O–H groups in total.